The van der Waals surface area contributed by atoms with Gasteiger partial charge in [0.15, 0.2) is 5.96 Å². The number of piperidine rings is 2. The van der Waals surface area contributed by atoms with E-state index in [4.69, 9.17) is 9.73 Å². The maximum atomic E-state index is 5.76. The molecule has 148 valence electrons. The van der Waals surface area contributed by atoms with Gasteiger partial charge in [-0.1, -0.05) is 13.8 Å². The number of guanidine groups is 1. The molecule has 0 amide bonds. The molecule has 25 heavy (non-hydrogen) atoms. The van der Waals surface area contributed by atoms with Gasteiger partial charge in [-0.2, -0.15) is 0 Å². The molecule has 5 nitrogen and oxygen atoms in total. The number of ether oxygens (including phenoxy) is 1. The lowest BCUT2D eigenvalue weighted by molar-refractivity contribution is 0.0263. The van der Waals surface area contributed by atoms with Gasteiger partial charge in [0.2, 0.25) is 0 Å². The molecule has 2 aliphatic heterocycles. The molecule has 2 heterocycles. The highest BCUT2D eigenvalue weighted by molar-refractivity contribution is 14.0. The quantitative estimate of drug-likeness (QED) is 0.371. The van der Waals surface area contributed by atoms with Crippen LogP contribution in [0.1, 0.15) is 47.0 Å². The second-order valence-corrected chi connectivity index (χ2v) is 7.58. The van der Waals surface area contributed by atoms with E-state index in [1.807, 2.05) is 0 Å². The van der Waals surface area contributed by atoms with E-state index in [1.165, 1.54) is 19.5 Å². The predicted octanol–water partition coefficient (Wildman–Crippen LogP) is 3.05. The molecule has 2 saturated heterocycles. The Balaban J connectivity index is 0.00000312. The molecular formula is C19H39IN4O. The van der Waals surface area contributed by atoms with Gasteiger partial charge in [-0.25, -0.2) is 0 Å². The monoisotopic (exact) mass is 466 g/mol. The molecule has 2 aliphatic rings. The van der Waals surface area contributed by atoms with Crippen LogP contribution in [-0.4, -0.2) is 74.3 Å². The summed E-state index contributed by atoms with van der Waals surface area (Å²) in [5.74, 6) is 2.73. The summed E-state index contributed by atoms with van der Waals surface area (Å²) in [6, 6.07) is 0. The van der Waals surface area contributed by atoms with Crippen molar-refractivity contribution in [1.82, 2.24) is 15.1 Å². The first-order valence-electron chi connectivity index (χ1n) is 9.99. The normalized spacial score (nSPS) is 26.4. The van der Waals surface area contributed by atoms with Gasteiger partial charge in [0.1, 0.15) is 0 Å². The molecule has 0 aromatic heterocycles. The highest BCUT2D eigenvalue weighted by Crippen LogP contribution is 2.20. The van der Waals surface area contributed by atoms with Crippen molar-refractivity contribution in [2.24, 2.45) is 16.8 Å². The van der Waals surface area contributed by atoms with Crippen LogP contribution in [0, 0.1) is 11.8 Å². The van der Waals surface area contributed by atoms with Gasteiger partial charge in [0.05, 0.1) is 12.6 Å². The summed E-state index contributed by atoms with van der Waals surface area (Å²) < 4.78 is 5.76. The van der Waals surface area contributed by atoms with E-state index in [9.17, 15) is 0 Å². The zero-order valence-electron chi connectivity index (χ0n) is 16.7. The molecule has 0 radical (unpaired) electrons. The average molecular weight is 466 g/mol. The Bertz CT molecular complexity index is 376. The topological polar surface area (TPSA) is 40.1 Å². The molecule has 0 aromatic carbocycles. The summed E-state index contributed by atoms with van der Waals surface area (Å²) in [4.78, 5) is 9.90. The Morgan fingerprint density at radius 1 is 1.12 bits per heavy atom. The fourth-order valence-corrected chi connectivity index (χ4v) is 4.17. The van der Waals surface area contributed by atoms with Crippen molar-refractivity contribution in [3.05, 3.63) is 0 Å². The fourth-order valence-electron chi connectivity index (χ4n) is 4.17. The van der Waals surface area contributed by atoms with E-state index in [1.54, 1.807) is 0 Å². The summed E-state index contributed by atoms with van der Waals surface area (Å²) in [7, 11) is 0. The Hall–Kier alpha value is -0.0800. The van der Waals surface area contributed by atoms with Crippen molar-refractivity contribution in [3.63, 3.8) is 0 Å². The number of hydrogen-bond acceptors (Lipinski definition) is 3. The van der Waals surface area contributed by atoms with Crippen LogP contribution in [0.25, 0.3) is 0 Å². The van der Waals surface area contributed by atoms with E-state index in [-0.39, 0.29) is 24.0 Å². The number of halogens is 1. The standard InChI is InChI=1S/C19H38N4O.HI/c1-5-20-19(23-10-7-18(8-11-23)24-6-2)21-9-12-22-14-16(3)13-17(4)15-22;/h16-18H,5-15H2,1-4H3,(H,20,21);1H. The minimum Gasteiger partial charge on any atom is -0.378 e. The Kier molecular flexibility index (Phi) is 11.3. The molecule has 2 unspecified atom stereocenters. The lowest BCUT2D eigenvalue weighted by atomic mass is 9.92. The zero-order chi connectivity index (χ0) is 17.4. The molecular weight excluding hydrogens is 427 g/mol. The third kappa shape index (κ3) is 7.99. The Labute approximate surface area is 172 Å². The molecule has 1 N–H and O–H groups in total. The molecule has 2 rings (SSSR count). The summed E-state index contributed by atoms with van der Waals surface area (Å²) in [5, 5.41) is 3.47. The van der Waals surface area contributed by atoms with Crippen LogP contribution < -0.4 is 5.32 Å². The van der Waals surface area contributed by atoms with Gasteiger partial charge in [-0.15, -0.1) is 24.0 Å². The third-order valence-electron chi connectivity index (χ3n) is 5.10. The van der Waals surface area contributed by atoms with Gasteiger partial charge in [0, 0.05) is 45.9 Å². The van der Waals surface area contributed by atoms with Crippen LogP contribution in [0.5, 0.6) is 0 Å². The van der Waals surface area contributed by atoms with Crippen LogP contribution in [-0.2, 0) is 4.74 Å². The lowest BCUT2D eigenvalue weighted by Gasteiger charge is -2.35. The van der Waals surface area contributed by atoms with Gasteiger partial charge in [-0.3, -0.25) is 4.99 Å². The molecule has 2 atom stereocenters. The van der Waals surface area contributed by atoms with E-state index in [2.05, 4.69) is 42.8 Å². The van der Waals surface area contributed by atoms with Gasteiger partial charge >= 0.3 is 0 Å². The first kappa shape index (κ1) is 23.0. The minimum absolute atomic E-state index is 0. The van der Waals surface area contributed by atoms with Crippen molar-refractivity contribution in [2.75, 3.05) is 52.4 Å². The van der Waals surface area contributed by atoms with Crippen molar-refractivity contribution >= 4 is 29.9 Å². The van der Waals surface area contributed by atoms with Crippen LogP contribution >= 0.6 is 24.0 Å². The smallest absolute Gasteiger partial charge is 0.193 e. The number of nitrogens with zero attached hydrogens (tertiary/aromatic N) is 3. The largest absolute Gasteiger partial charge is 0.378 e. The zero-order valence-corrected chi connectivity index (χ0v) is 19.0. The Morgan fingerprint density at radius 2 is 1.76 bits per heavy atom. The van der Waals surface area contributed by atoms with Crippen LogP contribution in [0.3, 0.4) is 0 Å². The Morgan fingerprint density at radius 3 is 2.32 bits per heavy atom. The average Bonchev–Trinajstić information content (AvgIpc) is 2.54. The van der Waals surface area contributed by atoms with Crippen LogP contribution in [0.2, 0.25) is 0 Å². The summed E-state index contributed by atoms with van der Waals surface area (Å²) >= 11 is 0. The van der Waals surface area contributed by atoms with Crippen molar-refractivity contribution in [3.8, 4) is 0 Å². The summed E-state index contributed by atoms with van der Waals surface area (Å²) in [6.07, 6.45) is 4.03. The fraction of sp³-hybridized carbons (Fsp3) is 0.947. The first-order valence-corrected chi connectivity index (χ1v) is 9.99. The van der Waals surface area contributed by atoms with Gasteiger partial charge in [-0.05, 0) is 44.9 Å². The SMILES string of the molecule is CCNC(=NCCN1CC(C)CC(C)C1)N1CCC(OCC)CC1.I. The minimum atomic E-state index is 0. The number of likely N-dealkylation sites (tertiary alicyclic amines) is 2. The van der Waals surface area contributed by atoms with Crippen molar-refractivity contribution < 1.29 is 4.74 Å². The predicted molar refractivity (Wildman–Crippen MR) is 117 cm³/mol. The van der Waals surface area contributed by atoms with E-state index in [0.717, 1.165) is 70.0 Å². The molecule has 0 aromatic rings. The van der Waals surface area contributed by atoms with Crippen molar-refractivity contribution in [2.45, 2.75) is 53.1 Å². The van der Waals surface area contributed by atoms with Crippen LogP contribution in [0.4, 0.5) is 0 Å². The number of rotatable bonds is 6. The second-order valence-electron chi connectivity index (χ2n) is 7.58. The molecule has 6 heteroatoms. The maximum Gasteiger partial charge on any atom is 0.193 e. The highest BCUT2D eigenvalue weighted by Gasteiger charge is 2.23. The molecule has 0 bridgehead atoms. The summed E-state index contributed by atoms with van der Waals surface area (Å²) in [5.41, 5.74) is 0. The number of hydrogen-bond donors (Lipinski definition) is 1. The first-order chi connectivity index (χ1) is 11.6. The van der Waals surface area contributed by atoms with Crippen molar-refractivity contribution in [1.29, 1.82) is 0 Å². The number of aliphatic imine (C=N–C) groups is 1. The van der Waals surface area contributed by atoms with E-state index in [0.29, 0.717) is 6.10 Å². The third-order valence-corrected chi connectivity index (χ3v) is 5.10. The molecule has 2 fully saturated rings. The highest BCUT2D eigenvalue weighted by atomic mass is 127. The number of nitrogens with one attached hydrogen (secondary N) is 1. The van der Waals surface area contributed by atoms with E-state index < -0.39 is 0 Å². The lowest BCUT2D eigenvalue weighted by Crippen LogP contribution is -2.47. The molecule has 0 spiro atoms. The maximum absolute atomic E-state index is 5.76. The second kappa shape index (κ2) is 12.3. The van der Waals surface area contributed by atoms with Crippen LogP contribution in [0.15, 0.2) is 4.99 Å². The molecule has 0 aliphatic carbocycles. The van der Waals surface area contributed by atoms with E-state index >= 15 is 0 Å². The van der Waals surface area contributed by atoms with Gasteiger partial charge < -0.3 is 19.9 Å². The molecule has 0 saturated carbocycles. The van der Waals surface area contributed by atoms with Gasteiger partial charge in [0.25, 0.3) is 0 Å². The summed E-state index contributed by atoms with van der Waals surface area (Å²) in [6.45, 7) is 17.3.